The maximum atomic E-state index is 15.2. The zero-order valence-corrected chi connectivity index (χ0v) is 18.8. The molecule has 35 heavy (non-hydrogen) atoms. The van der Waals surface area contributed by atoms with Crippen LogP contribution in [0.2, 0.25) is 0 Å². The first-order chi connectivity index (χ1) is 17.1. The van der Waals surface area contributed by atoms with Crippen LogP contribution in [0, 0.1) is 11.7 Å². The van der Waals surface area contributed by atoms with Crippen LogP contribution in [-0.2, 0) is 0 Å². The fourth-order valence-corrected chi connectivity index (χ4v) is 3.52. The maximum absolute atomic E-state index is 15.2. The fourth-order valence-electron chi connectivity index (χ4n) is 3.52. The Morgan fingerprint density at radius 2 is 2.00 bits per heavy atom. The highest BCUT2D eigenvalue weighted by atomic mass is 19.1. The highest BCUT2D eigenvalue weighted by Gasteiger charge is 2.23. The summed E-state index contributed by atoms with van der Waals surface area (Å²) in [6.45, 7) is 0.625. The Labute approximate surface area is 200 Å². The summed E-state index contributed by atoms with van der Waals surface area (Å²) in [6.07, 6.45) is 8.13. The smallest absolute Gasteiger partial charge is 0.216 e. The van der Waals surface area contributed by atoms with Crippen LogP contribution in [0.3, 0.4) is 0 Å². The van der Waals surface area contributed by atoms with Gasteiger partial charge in [-0.1, -0.05) is 18.2 Å². The van der Waals surface area contributed by atoms with Gasteiger partial charge in [0.2, 0.25) is 11.3 Å². The highest BCUT2D eigenvalue weighted by Crippen LogP contribution is 2.30. The number of nitrogens with zero attached hydrogens (tertiary/aromatic N) is 5. The molecule has 1 fully saturated rings. The molecule has 0 unspecified atom stereocenters. The van der Waals surface area contributed by atoms with E-state index >= 15 is 4.39 Å². The summed E-state index contributed by atoms with van der Waals surface area (Å²) < 4.78 is 23.9. The van der Waals surface area contributed by atoms with E-state index in [0.717, 1.165) is 0 Å². The van der Waals surface area contributed by atoms with Gasteiger partial charge in [0.1, 0.15) is 5.69 Å². The van der Waals surface area contributed by atoms with Crippen LogP contribution in [0.25, 0.3) is 11.4 Å². The molecule has 0 amide bonds. The molecule has 8 nitrogen and oxygen atoms in total. The van der Waals surface area contributed by atoms with Crippen LogP contribution >= 0.6 is 0 Å². The molecule has 2 aromatic heterocycles. The number of aromatic nitrogens is 4. The third-order valence-electron chi connectivity index (χ3n) is 5.51. The number of benzene rings is 2. The largest absolute Gasteiger partial charge is 0.477 e. The van der Waals surface area contributed by atoms with Gasteiger partial charge in [-0.25, -0.2) is 18.7 Å². The minimum atomic E-state index is -0.538. The monoisotopic (exact) mass is 470 g/mol. The molecule has 1 aliphatic carbocycles. The van der Waals surface area contributed by atoms with Crippen LogP contribution in [0.1, 0.15) is 18.5 Å². The lowest BCUT2D eigenvalue weighted by atomic mass is 10.2. The molecule has 2 aromatic carbocycles. The van der Waals surface area contributed by atoms with E-state index in [2.05, 4.69) is 15.2 Å². The average molecular weight is 471 g/mol. The van der Waals surface area contributed by atoms with E-state index in [4.69, 9.17) is 10.5 Å². The van der Waals surface area contributed by atoms with Gasteiger partial charge in [-0.3, -0.25) is 4.79 Å². The summed E-state index contributed by atoms with van der Waals surface area (Å²) >= 11 is 0. The predicted octanol–water partition coefficient (Wildman–Crippen LogP) is 3.94. The molecule has 0 radical (unpaired) electrons. The Balaban J connectivity index is 1.48. The lowest BCUT2D eigenvalue weighted by molar-refractivity contribution is 0.280. The van der Waals surface area contributed by atoms with E-state index in [9.17, 15) is 4.79 Å². The first kappa shape index (κ1) is 22.3. The van der Waals surface area contributed by atoms with Crippen molar-refractivity contribution in [3.05, 3.63) is 107 Å². The van der Waals surface area contributed by atoms with E-state index in [1.165, 1.54) is 48.1 Å². The first-order valence-corrected chi connectivity index (χ1v) is 11.2. The van der Waals surface area contributed by atoms with Crippen molar-refractivity contribution in [2.75, 3.05) is 6.61 Å². The number of allylic oxidation sites excluding steroid dienone is 1. The Bertz CT molecular complexity index is 1450. The van der Waals surface area contributed by atoms with Crippen molar-refractivity contribution < 1.29 is 9.13 Å². The second-order valence-corrected chi connectivity index (χ2v) is 8.14. The molecular weight excluding hydrogens is 447 g/mol. The van der Waals surface area contributed by atoms with E-state index in [1.807, 2.05) is 18.2 Å². The van der Waals surface area contributed by atoms with Crippen molar-refractivity contribution >= 4 is 11.4 Å². The minimum absolute atomic E-state index is 0.0457. The van der Waals surface area contributed by atoms with Crippen molar-refractivity contribution in [2.24, 2.45) is 16.6 Å². The van der Waals surface area contributed by atoms with E-state index in [0.29, 0.717) is 29.8 Å². The normalized spacial score (nSPS) is 13.9. The number of hydrogen-bond donors (Lipinski definition) is 1. The number of nitrogens with two attached hydrogens (primary N) is 1. The average Bonchev–Trinajstić information content (AvgIpc) is 3.58. The molecule has 9 heteroatoms. The topological polar surface area (TPSA) is 100 Å². The van der Waals surface area contributed by atoms with Gasteiger partial charge in [0, 0.05) is 24.4 Å². The summed E-state index contributed by atoms with van der Waals surface area (Å²) in [6, 6.07) is 16.8. The Hall–Kier alpha value is -4.53. The molecule has 0 aliphatic heterocycles. The third-order valence-corrected chi connectivity index (χ3v) is 5.51. The SMILES string of the molecule is NC=CC(=Nc1ccccc1)c1nn(-c2ccc(-n3nccc3OCC3CC3)cc2F)ccc1=O. The summed E-state index contributed by atoms with van der Waals surface area (Å²) in [4.78, 5) is 17.1. The van der Waals surface area contributed by atoms with Crippen molar-refractivity contribution in [3.8, 4) is 17.3 Å². The predicted molar refractivity (Wildman–Crippen MR) is 131 cm³/mol. The van der Waals surface area contributed by atoms with E-state index in [-0.39, 0.29) is 22.5 Å². The minimum Gasteiger partial charge on any atom is -0.477 e. The van der Waals surface area contributed by atoms with Crippen LogP contribution < -0.4 is 15.9 Å². The zero-order chi connectivity index (χ0) is 24.2. The molecule has 0 atom stereocenters. The fraction of sp³-hybridized carbons (Fsp3) is 0.154. The number of halogens is 1. The molecule has 2 heterocycles. The number of rotatable bonds is 8. The van der Waals surface area contributed by atoms with Gasteiger partial charge in [-0.05, 0) is 55.3 Å². The number of para-hydroxylation sites is 1. The van der Waals surface area contributed by atoms with Crippen LogP contribution in [0.15, 0.2) is 95.1 Å². The van der Waals surface area contributed by atoms with Gasteiger partial charge in [-0.15, -0.1) is 0 Å². The molecule has 1 saturated carbocycles. The lowest BCUT2D eigenvalue weighted by Gasteiger charge is -2.12. The Morgan fingerprint density at radius 3 is 2.74 bits per heavy atom. The molecule has 2 N–H and O–H groups in total. The molecule has 5 rings (SSSR count). The third kappa shape index (κ3) is 5.03. The molecular formula is C26H23FN6O2. The summed E-state index contributed by atoms with van der Waals surface area (Å²) in [7, 11) is 0. The molecule has 0 bridgehead atoms. The first-order valence-electron chi connectivity index (χ1n) is 11.2. The zero-order valence-electron chi connectivity index (χ0n) is 18.8. The van der Waals surface area contributed by atoms with Gasteiger partial charge >= 0.3 is 0 Å². The van der Waals surface area contributed by atoms with Gasteiger partial charge in [0.15, 0.2) is 11.5 Å². The Kier molecular flexibility index (Phi) is 6.21. The molecule has 0 spiro atoms. The second-order valence-electron chi connectivity index (χ2n) is 8.14. The van der Waals surface area contributed by atoms with Crippen LogP contribution in [-0.4, -0.2) is 31.9 Å². The lowest BCUT2D eigenvalue weighted by Crippen LogP contribution is -2.21. The molecule has 1 aliphatic rings. The van der Waals surface area contributed by atoms with Crippen LogP contribution in [0.4, 0.5) is 10.1 Å². The summed E-state index contributed by atoms with van der Waals surface area (Å²) in [5, 5.41) is 8.63. The number of hydrogen-bond acceptors (Lipinski definition) is 6. The summed E-state index contributed by atoms with van der Waals surface area (Å²) in [5.41, 5.74) is 6.85. The van der Waals surface area contributed by atoms with E-state index < -0.39 is 5.82 Å². The second kappa shape index (κ2) is 9.76. The number of ether oxygens (including phenoxy) is 1. The van der Waals surface area contributed by atoms with Gasteiger partial charge in [-0.2, -0.15) is 10.2 Å². The summed E-state index contributed by atoms with van der Waals surface area (Å²) in [5.74, 6) is 0.606. The van der Waals surface area contributed by atoms with Gasteiger partial charge in [0.05, 0.1) is 29.9 Å². The van der Waals surface area contributed by atoms with Gasteiger partial charge < -0.3 is 10.5 Å². The van der Waals surface area contributed by atoms with Crippen molar-refractivity contribution in [1.29, 1.82) is 0 Å². The molecule has 176 valence electrons. The van der Waals surface area contributed by atoms with Crippen molar-refractivity contribution in [3.63, 3.8) is 0 Å². The number of aliphatic imine (C=N–C) groups is 1. The van der Waals surface area contributed by atoms with Crippen molar-refractivity contribution in [2.45, 2.75) is 12.8 Å². The molecule has 4 aromatic rings. The Morgan fingerprint density at radius 1 is 1.17 bits per heavy atom. The quantitative estimate of drug-likeness (QED) is 0.393. The van der Waals surface area contributed by atoms with Crippen molar-refractivity contribution in [1.82, 2.24) is 19.6 Å². The highest BCUT2D eigenvalue weighted by molar-refractivity contribution is 6.08. The van der Waals surface area contributed by atoms with Crippen LogP contribution in [0.5, 0.6) is 5.88 Å². The maximum Gasteiger partial charge on any atom is 0.216 e. The molecule has 0 saturated heterocycles. The standard InChI is InChI=1S/C26H23FN6O2/c27-21-16-20(33-25(11-14-29-33)35-17-18-6-7-18)8-9-23(21)32-15-12-24(34)26(31-32)22(10-13-28)30-19-4-2-1-3-5-19/h1-5,8-16,18H,6-7,17,28H2. The van der Waals surface area contributed by atoms with E-state index in [1.54, 1.807) is 41.2 Å². The van der Waals surface area contributed by atoms with Gasteiger partial charge in [0.25, 0.3) is 0 Å².